The number of rotatable bonds is 5. The number of nitrogens with one attached hydrogen (secondary N) is 1. The minimum Gasteiger partial charge on any atom is -0.383 e. The lowest BCUT2D eigenvalue weighted by atomic mass is 10.2. The lowest BCUT2D eigenvalue weighted by Gasteiger charge is -2.17. The van der Waals surface area contributed by atoms with Gasteiger partial charge in [0, 0.05) is 33.9 Å². The molecule has 5 heteroatoms. The molecular formula is C11H17N3O2. The SMILES string of the molecule is CNC(=O)c1ccc(N(C)CCOC)nc1. The zero-order chi connectivity index (χ0) is 12.0. The lowest BCUT2D eigenvalue weighted by Crippen LogP contribution is -2.23. The maximum Gasteiger partial charge on any atom is 0.252 e. The summed E-state index contributed by atoms with van der Waals surface area (Å²) in [5.41, 5.74) is 0.561. The molecule has 0 spiro atoms. The quantitative estimate of drug-likeness (QED) is 0.791. The van der Waals surface area contributed by atoms with Crippen molar-refractivity contribution < 1.29 is 9.53 Å². The van der Waals surface area contributed by atoms with Crippen LogP contribution in [0.3, 0.4) is 0 Å². The molecule has 88 valence electrons. The summed E-state index contributed by atoms with van der Waals surface area (Å²) in [5, 5.41) is 2.55. The largest absolute Gasteiger partial charge is 0.383 e. The Balaban J connectivity index is 2.67. The van der Waals surface area contributed by atoms with Crippen LogP contribution in [0.25, 0.3) is 0 Å². The van der Waals surface area contributed by atoms with Gasteiger partial charge in [0.25, 0.3) is 5.91 Å². The van der Waals surface area contributed by atoms with Crippen LogP contribution in [0.4, 0.5) is 5.82 Å². The van der Waals surface area contributed by atoms with E-state index in [-0.39, 0.29) is 5.91 Å². The molecule has 0 aliphatic rings. The first-order chi connectivity index (χ1) is 7.69. The Labute approximate surface area is 95.4 Å². The Kier molecular flexibility index (Phi) is 4.72. The predicted molar refractivity (Wildman–Crippen MR) is 62.8 cm³/mol. The molecule has 0 unspecified atom stereocenters. The van der Waals surface area contributed by atoms with Gasteiger partial charge in [-0.25, -0.2) is 4.98 Å². The second kappa shape index (κ2) is 6.07. The van der Waals surface area contributed by atoms with Crippen molar-refractivity contribution >= 4 is 11.7 Å². The van der Waals surface area contributed by atoms with Crippen molar-refractivity contribution in [3.8, 4) is 0 Å². The highest BCUT2D eigenvalue weighted by atomic mass is 16.5. The number of hydrogen-bond donors (Lipinski definition) is 1. The highest BCUT2D eigenvalue weighted by molar-refractivity contribution is 5.93. The molecule has 0 saturated heterocycles. The van der Waals surface area contributed by atoms with Gasteiger partial charge < -0.3 is 15.0 Å². The molecule has 0 saturated carbocycles. The molecule has 0 aromatic carbocycles. The van der Waals surface area contributed by atoms with Gasteiger partial charge in [-0.15, -0.1) is 0 Å². The second-order valence-corrected chi connectivity index (χ2v) is 3.40. The van der Waals surface area contributed by atoms with E-state index in [1.807, 2.05) is 18.0 Å². The monoisotopic (exact) mass is 223 g/mol. The number of aromatic nitrogens is 1. The highest BCUT2D eigenvalue weighted by Crippen LogP contribution is 2.09. The molecule has 1 rings (SSSR count). The van der Waals surface area contributed by atoms with Crippen LogP contribution in [0, 0.1) is 0 Å². The van der Waals surface area contributed by atoms with Crippen LogP contribution in [0.1, 0.15) is 10.4 Å². The van der Waals surface area contributed by atoms with Crippen LogP contribution >= 0.6 is 0 Å². The van der Waals surface area contributed by atoms with E-state index in [2.05, 4.69) is 10.3 Å². The molecule has 0 atom stereocenters. The van der Waals surface area contributed by atoms with Gasteiger partial charge in [-0.1, -0.05) is 0 Å². The number of anilines is 1. The van der Waals surface area contributed by atoms with Crippen molar-refractivity contribution in [2.24, 2.45) is 0 Å². The molecule has 16 heavy (non-hydrogen) atoms. The van der Waals surface area contributed by atoms with Gasteiger partial charge in [-0.05, 0) is 12.1 Å². The summed E-state index contributed by atoms with van der Waals surface area (Å²) in [7, 11) is 5.19. The fraction of sp³-hybridized carbons (Fsp3) is 0.455. The van der Waals surface area contributed by atoms with E-state index < -0.39 is 0 Å². The number of carbonyl (C=O) groups excluding carboxylic acids is 1. The Morgan fingerprint density at radius 2 is 2.31 bits per heavy atom. The van der Waals surface area contributed by atoms with Gasteiger partial charge in [-0.2, -0.15) is 0 Å². The molecule has 1 aromatic heterocycles. The van der Waals surface area contributed by atoms with Gasteiger partial charge in [0.15, 0.2) is 0 Å². The standard InChI is InChI=1S/C11H17N3O2/c1-12-11(15)9-4-5-10(13-8-9)14(2)6-7-16-3/h4-5,8H,6-7H2,1-3H3,(H,12,15). The van der Waals surface area contributed by atoms with Crippen molar-refractivity contribution in [1.82, 2.24) is 10.3 Å². The fourth-order valence-electron chi connectivity index (χ4n) is 1.23. The third-order valence-electron chi connectivity index (χ3n) is 2.26. The van der Waals surface area contributed by atoms with Crippen molar-refractivity contribution in [3.05, 3.63) is 23.9 Å². The Morgan fingerprint density at radius 1 is 1.56 bits per heavy atom. The molecule has 1 N–H and O–H groups in total. The minimum absolute atomic E-state index is 0.126. The van der Waals surface area contributed by atoms with Crippen LogP contribution < -0.4 is 10.2 Å². The van der Waals surface area contributed by atoms with Crippen molar-refractivity contribution in [3.63, 3.8) is 0 Å². The maximum absolute atomic E-state index is 11.3. The third-order valence-corrected chi connectivity index (χ3v) is 2.26. The van der Waals surface area contributed by atoms with Crippen LogP contribution in [0.2, 0.25) is 0 Å². The minimum atomic E-state index is -0.126. The van der Waals surface area contributed by atoms with E-state index in [0.717, 1.165) is 12.4 Å². The number of ether oxygens (including phenoxy) is 1. The Morgan fingerprint density at radius 3 is 2.81 bits per heavy atom. The van der Waals surface area contributed by atoms with Gasteiger partial charge >= 0.3 is 0 Å². The zero-order valence-electron chi connectivity index (χ0n) is 9.86. The molecule has 0 aliphatic carbocycles. The third kappa shape index (κ3) is 3.20. The Hall–Kier alpha value is -1.62. The van der Waals surface area contributed by atoms with Gasteiger partial charge in [0.05, 0.1) is 12.2 Å². The van der Waals surface area contributed by atoms with Crippen LogP contribution in [0.5, 0.6) is 0 Å². The summed E-state index contributed by atoms with van der Waals surface area (Å²) in [6.07, 6.45) is 1.57. The average Bonchev–Trinajstić information content (AvgIpc) is 2.35. The molecular weight excluding hydrogens is 206 g/mol. The lowest BCUT2D eigenvalue weighted by molar-refractivity contribution is 0.0963. The average molecular weight is 223 g/mol. The summed E-state index contributed by atoms with van der Waals surface area (Å²) in [5.74, 6) is 0.697. The van der Waals surface area contributed by atoms with Crippen molar-refractivity contribution in [2.45, 2.75) is 0 Å². The van der Waals surface area contributed by atoms with Crippen LogP contribution in [-0.4, -0.2) is 45.2 Å². The first kappa shape index (κ1) is 12.4. The van der Waals surface area contributed by atoms with E-state index in [9.17, 15) is 4.79 Å². The molecule has 5 nitrogen and oxygen atoms in total. The number of amides is 1. The normalized spacial score (nSPS) is 9.94. The maximum atomic E-state index is 11.3. The number of likely N-dealkylation sites (N-methyl/N-ethyl adjacent to an activating group) is 1. The first-order valence-electron chi connectivity index (χ1n) is 5.07. The van der Waals surface area contributed by atoms with Crippen LogP contribution in [-0.2, 0) is 4.74 Å². The van der Waals surface area contributed by atoms with Crippen LogP contribution in [0.15, 0.2) is 18.3 Å². The highest BCUT2D eigenvalue weighted by Gasteiger charge is 2.05. The first-order valence-corrected chi connectivity index (χ1v) is 5.07. The molecule has 1 aromatic rings. The zero-order valence-corrected chi connectivity index (χ0v) is 9.86. The van der Waals surface area contributed by atoms with Gasteiger partial charge in [-0.3, -0.25) is 4.79 Å². The number of methoxy groups -OCH3 is 1. The molecule has 0 radical (unpaired) electrons. The predicted octanol–water partition coefficient (Wildman–Crippen LogP) is 0.524. The summed E-state index contributed by atoms with van der Waals surface area (Å²) in [6.45, 7) is 1.41. The molecule has 0 fully saturated rings. The summed E-state index contributed by atoms with van der Waals surface area (Å²) in [6, 6.07) is 3.57. The van der Waals surface area contributed by atoms with Gasteiger partial charge in [0.2, 0.25) is 0 Å². The van der Waals surface area contributed by atoms with E-state index >= 15 is 0 Å². The molecule has 0 bridgehead atoms. The summed E-state index contributed by atoms with van der Waals surface area (Å²) in [4.78, 5) is 17.5. The van der Waals surface area contributed by atoms with E-state index in [1.54, 1.807) is 26.4 Å². The summed E-state index contributed by atoms with van der Waals surface area (Å²) >= 11 is 0. The molecule has 1 heterocycles. The topological polar surface area (TPSA) is 54.5 Å². The Bertz CT molecular complexity index is 338. The van der Waals surface area contributed by atoms with Gasteiger partial charge in [0.1, 0.15) is 5.82 Å². The number of carbonyl (C=O) groups is 1. The summed E-state index contributed by atoms with van der Waals surface area (Å²) < 4.78 is 4.98. The number of hydrogen-bond acceptors (Lipinski definition) is 4. The molecule has 0 aliphatic heterocycles. The number of pyridine rings is 1. The smallest absolute Gasteiger partial charge is 0.252 e. The number of nitrogens with zero attached hydrogens (tertiary/aromatic N) is 2. The van der Waals surface area contributed by atoms with Crippen molar-refractivity contribution in [2.75, 3.05) is 39.3 Å². The van der Waals surface area contributed by atoms with E-state index in [0.29, 0.717) is 12.2 Å². The van der Waals surface area contributed by atoms with E-state index in [4.69, 9.17) is 4.74 Å². The fourth-order valence-corrected chi connectivity index (χ4v) is 1.23. The molecule has 1 amide bonds. The van der Waals surface area contributed by atoms with Crippen molar-refractivity contribution in [1.29, 1.82) is 0 Å². The second-order valence-electron chi connectivity index (χ2n) is 3.40. The van der Waals surface area contributed by atoms with E-state index in [1.165, 1.54) is 0 Å².